The summed E-state index contributed by atoms with van der Waals surface area (Å²) >= 11 is 1.77. The van der Waals surface area contributed by atoms with Crippen molar-refractivity contribution >= 4 is 47.4 Å². The normalized spacial score (nSPS) is 16.6. The number of nitrogens with zero attached hydrogens (tertiary/aromatic N) is 3. The molecule has 1 atom stereocenters. The predicted octanol–water partition coefficient (Wildman–Crippen LogP) is 2.75. The van der Waals surface area contributed by atoms with Gasteiger partial charge in [-0.3, -0.25) is 4.99 Å². The summed E-state index contributed by atoms with van der Waals surface area (Å²) in [7, 11) is 5.97. The van der Waals surface area contributed by atoms with Crippen molar-refractivity contribution < 1.29 is 9.53 Å². The minimum atomic E-state index is -0.210. The Labute approximate surface area is 183 Å². The van der Waals surface area contributed by atoms with Gasteiger partial charge >= 0.3 is 6.09 Å². The van der Waals surface area contributed by atoms with Gasteiger partial charge in [-0.2, -0.15) is 0 Å². The molecule has 0 saturated carbocycles. The summed E-state index contributed by atoms with van der Waals surface area (Å²) in [5, 5.41) is 9.03. The van der Waals surface area contributed by atoms with Crippen LogP contribution < -0.4 is 10.6 Å². The average molecular weight is 509 g/mol. The number of ether oxygens (including phenoxy) is 1. The molecule has 1 amide bonds. The maximum absolute atomic E-state index is 11.8. The third-order valence-corrected chi connectivity index (χ3v) is 5.52. The molecular formula is C18H32IN5O2S. The Kier molecular flexibility index (Phi) is 11.0. The highest BCUT2D eigenvalue weighted by Crippen LogP contribution is 2.22. The van der Waals surface area contributed by atoms with E-state index in [0.717, 1.165) is 25.3 Å². The van der Waals surface area contributed by atoms with Gasteiger partial charge in [0.05, 0.1) is 12.6 Å². The van der Waals surface area contributed by atoms with Gasteiger partial charge in [0.15, 0.2) is 5.96 Å². The zero-order chi connectivity index (χ0) is 18.9. The molecule has 0 aromatic carbocycles. The Morgan fingerprint density at radius 3 is 2.67 bits per heavy atom. The zero-order valence-corrected chi connectivity index (χ0v) is 19.8. The second kappa shape index (κ2) is 12.4. The molecule has 2 N–H and O–H groups in total. The predicted molar refractivity (Wildman–Crippen MR) is 122 cm³/mol. The number of rotatable bonds is 6. The highest BCUT2D eigenvalue weighted by atomic mass is 127. The van der Waals surface area contributed by atoms with Crippen molar-refractivity contribution in [2.45, 2.75) is 31.8 Å². The Hall–Kier alpha value is -1.07. The van der Waals surface area contributed by atoms with E-state index in [1.54, 1.807) is 23.3 Å². The molecule has 1 saturated heterocycles. The molecule has 1 aromatic heterocycles. The minimum absolute atomic E-state index is 0. The van der Waals surface area contributed by atoms with E-state index in [-0.39, 0.29) is 30.1 Å². The third kappa shape index (κ3) is 7.46. The van der Waals surface area contributed by atoms with Crippen LogP contribution in [-0.4, -0.2) is 75.3 Å². The van der Waals surface area contributed by atoms with Crippen LogP contribution in [0.3, 0.4) is 0 Å². The van der Waals surface area contributed by atoms with E-state index in [4.69, 9.17) is 4.74 Å². The van der Waals surface area contributed by atoms with Crippen LogP contribution in [0.2, 0.25) is 0 Å². The highest BCUT2D eigenvalue weighted by molar-refractivity contribution is 14.0. The van der Waals surface area contributed by atoms with Crippen LogP contribution in [0.5, 0.6) is 0 Å². The van der Waals surface area contributed by atoms with Gasteiger partial charge in [-0.05, 0) is 45.3 Å². The van der Waals surface area contributed by atoms with E-state index in [0.29, 0.717) is 31.8 Å². The first-order valence-electron chi connectivity index (χ1n) is 9.13. The minimum Gasteiger partial charge on any atom is -0.450 e. The van der Waals surface area contributed by atoms with Crippen molar-refractivity contribution in [2.75, 3.05) is 47.4 Å². The lowest BCUT2D eigenvalue weighted by Gasteiger charge is -2.32. The standard InChI is InChI=1S/C18H31N5O2S.HI/c1-5-25-18(24)23-10-8-14(9-11-23)21-17(19-2)20-13-15(22(3)4)16-7-6-12-26-16;/h6-7,12,14-15H,5,8-11,13H2,1-4H3,(H2,19,20,21);1H. The fourth-order valence-corrected chi connectivity index (χ4v) is 3.94. The molecule has 0 aliphatic carbocycles. The van der Waals surface area contributed by atoms with Gasteiger partial charge in [-0.15, -0.1) is 35.3 Å². The van der Waals surface area contributed by atoms with Gasteiger partial charge in [0.2, 0.25) is 0 Å². The quantitative estimate of drug-likeness (QED) is 0.351. The first-order chi connectivity index (χ1) is 12.5. The second-order valence-electron chi connectivity index (χ2n) is 6.55. The van der Waals surface area contributed by atoms with Crippen LogP contribution in [-0.2, 0) is 4.74 Å². The van der Waals surface area contributed by atoms with E-state index >= 15 is 0 Å². The Balaban J connectivity index is 0.00000364. The largest absolute Gasteiger partial charge is 0.450 e. The van der Waals surface area contributed by atoms with Gasteiger partial charge in [0.25, 0.3) is 0 Å². The zero-order valence-electron chi connectivity index (χ0n) is 16.6. The van der Waals surface area contributed by atoms with Crippen LogP contribution in [0.1, 0.15) is 30.7 Å². The molecule has 1 aliphatic heterocycles. The van der Waals surface area contributed by atoms with E-state index in [1.165, 1.54) is 4.88 Å². The number of nitrogens with one attached hydrogen (secondary N) is 2. The van der Waals surface area contributed by atoms with Crippen LogP contribution >= 0.6 is 35.3 Å². The summed E-state index contributed by atoms with van der Waals surface area (Å²) in [6.07, 6.45) is 1.57. The van der Waals surface area contributed by atoms with E-state index in [1.807, 2.05) is 6.92 Å². The molecule has 154 valence electrons. The third-order valence-electron chi connectivity index (χ3n) is 4.54. The number of amides is 1. The van der Waals surface area contributed by atoms with Gasteiger partial charge in [0, 0.05) is 37.6 Å². The average Bonchev–Trinajstić information content (AvgIpc) is 3.15. The fourth-order valence-electron chi connectivity index (χ4n) is 3.02. The second-order valence-corrected chi connectivity index (χ2v) is 7.53. The highest BCUT2D eigenvalue weighted by Gasteiger charge is 2.24. The topological polar surface area (TPSA) is 69.2 Å². The molecule has 2 heterocycles. The first kappa shape index (κ1) is 24.0. The van der Waals surface area contributed by atoms with E-state index in [2.05, 4.69) is 52.1 Å². The molecule has 0 radical (unpaired) electrons. The summed E-state index contributed by atoms with van der Waals surface area (Å²) in [6.45, 7) is 4.46. The number of guanidine groups is 1. The van der Waals surface area contributed by atoms with Crippen molar-refractivity contribution in [1.82, 2.24) is 20.4 Å². The monoisotopic (exact) mass is 509 g/mol. The van der Waals surface area contributed by atoms with E-state index < -0.39 is 0 Å². The molecule has 9 heteroatoms. The SMILES string of the molecule is CCOC(=O)N1CCC(NC(=NC)NCC(c2cccs2)N(C)C)CC1.I. The number of piperidine rings is 1. The van der Waals surface area contributed by atoms with Crippen LogP contribution in [0, 0.1) is 0 Å². The molecule has 1 fully saturated rings. The number of likely N-dealkylation sites (N-methyl/N-ethyl adjacent to an activating group) is 1. The molecule has 7 nitrogen and oxygen atoms in total. The molecule has 27 heavy (non-hydrogen) atoms. The molecule has 1 aliphatic rings. The molecule has 1 aromatic rings. The van der Waals surface area contributed by atoms with Crippen LogP contribution in [0.15, 0.2) is 22.5 Å². The van der Waals surface area contributed by atoms with Crippen LogP contribution in [0.4, 0.5) is 4.79 Å². The Morgan fingerprint density at radius 2 is 2.15 bits per heavy atom. The fraction of sp³-hybridized carbons (Fsp3) is 0.667. The molecule has 0 bridgehead atoms. The summed E-state index contributed by atoms with van der Waals surface area (Å²) in [4.78, 5) is 21.5. The molecule has 0 spiro atoms. The molecule has 1 unspecified atom stereocenters. The molecule has 2 rings (SSSR count). The number of likely N-dealkylation sites (tertiary alicyclic amines) is 1. The summed E-state index contributed by atoms with van der Waals surface area (Å²) in [5.74, 6) is 0.808. The van der Waals surface area contributed by atoms with Crippen molar-refractivity contribution in [3.8, 4) is 0 Å². The molecular weight excluding hydrogens is 477 g/mol. The lowest BCUT2D eigenvalue weighted by atomic mass is 10.1. The lowest BCUT2D eigenvalue weighted by Crippen LogP contribution is -2.50. The van der Waals surface area contributed by atoms with Crippen LogP contribution in [0.25, 0.3) is 0 Å². The Morgan fingerprint density at radius 1 is 1.44 bits per heavy atom. The summed E-state index contributed by atoms with van der Waals surface area (Å²) < 4.78 is 5.07. The number of carbonyl (C=O) groups is 1. The van der Waals surface area contributed by atoms with Crippen molar-refractivity contribution in [3.05, 3.63) is 22.4 Å². The number of halogens is 1. The van der Waals surface area contributed by atoms with Crippen molar-refractivity contribution in [1.29, 1.82) is 0 Å². The smallest absolute Gasteiger partial charge is 0.409 e. The lowest BCUT2D eigenvalue weighted by molar-refractivity contribution is 0.0963. The number of aliphatic imine (C=N–C) groups is 1. The summed E-state index contributed by atoms with van der Waals surface area (Å²) in [6, 6.07) is 4.87. The number of hydrogen-bond acceptors (Lipinski definition) is 5. The maximum atomic E-state index is 11.8. The van der Waals surface area contributed by atoms with Crippen molar-refractivity contribution in [2.24, 2.45) is 4.99 Å². The Bertz CT molecular complexity index is 574. The number of carbonyl (C=O) groups excluding carboxylic acids is 1. The number of hydrogen-bond donors (Lipinski definition) is 2. The van der Waals surface area contributed by atoms with Gasteiger partial charge in [0.1, 0.15) is 0 Å². The summed E-state index contributed by atoms with van der Waals surface area (Å²) in [5.41, 5.74) is 0. The maximum Gasteiger partial charge on any atom is 0.409 e. The van der Waals surface area contributed by atoms with Gasteiger partial charge in [-0.1, -0.05) is 6.07 Å². The van der Waals surface area contributed by atoms with E-state index in [9.17, 15) is 4.79 Å². The van der Waals surface area contributed by atoms with Crippen molar-refractivity contribution in [3.63, 3.8) is 0 Å². The van der Waals surface area contributed by atoms with Gasteiger partial charge in [-0.25, -0.2) is 4.79 Å². The first-order valence-corrected chi connectivity index (χ1v) is 10.0. The van der Waals surface area contributed by atoms with Gasteiger partial charge < -0.3 is 25.2 Å². The number of thiophene rings is 1.